The molecule has 4 aromatic carbocycles. The number of fused-ring (bicyclic) bond motifs is 1. The van der Waals surface area contributed by atoms with Crippen LogP contribution >= 0.6 is 0 Å². The van der Waals surface area contributed by atoms with E-state index < -0.39 is 17.8 Å². The number of carbonyl (C=O) groups is 3. The Hall–Kier alpha value is -4.71. The van der Waals surface area contributed by atoms with E-state index in [1.165, 1.54) is 6.08 Å². The van der Waals surface area contributed by atoms with Crippen LogP contribution in [-0.4, -0.2) is 17.8 Å². The third-order valence-electron chi connectivity index (χ3n) is 5.84. The van der Waals surface area contributed by atoms with Gasteiger partial charge in [0.15, 0.2) is 0 Å². The van der Waals surface area contributed by atoms with Crippen molar-refractivity contribution in [1.29, 1.82) is 0 Å². The highest BCUT2D eigenvalue weighted by molar-refractivity contribution is 6.39. The fraction of sp³-hybridized carbons (Fsp3) is 0.0690. The molecule has 1 heterocycles. The standard InChI is InChI=1S/C29H22N2O4/c1-19-8-6-13-23(16-19)31-28(33)25(27(32)30-29(31)34)17-21-10-3-5-15-26(21)35-18-22-12-7-11-20-9-2-4-14-24(20)22/h2-17H,18H2,1H3,(H,30,32,34)/b25-17+. The van der Waals surface area contributed by atoms with Crippen molar-refractivity contribution in [3.05, 3.63) is 113 Å². The number of urea groups is 1. The first kappa shape index (κ1) is 22.1. The normalized spacial score (nSPS) is 14.9. The summed E-state index contributed by atoms with van der Waals surface area (Å²) in [6.45, 7) is 2.18. The zero-order valence-corrected chi connectivity index (χ0v) is 19.0. The third kappa shape index (κ3) is 4.42. The van der Waals surface area contributed by atoms with E-state index in [4.69, 9.17) is 4.74 Å². The third-order valence-corrected chi connectivity index (χ3v) is 5.84. The van der Waals surface area contributed by atoms with Crippen molar-refractivity contribution in [1.82, 2.24) is 5.32 Å². The van der Waals surface area contributed by atoms with Crippen molar-refractivity contribution in [2.45, 2.75) is 13.5 Å². The summed E-state index contributed by atoms with van der Waals surface area (Å²) in [4.78, 5) is 39.3. The summed E-state index contributed by atoms with van der Waals surface area (Å²) < 4.78 is 6.12. The van der Waals surface area contributed by atoms with Gasteiger partial charge in [-0.25, -0.2) is 9.69 Å². The predicted octanol–water partition coefficient (Wildman–Crippen LogP) is 5.39. The van der Waals surface area contributed by atoms with Crippen molar-refractivity contribution >= 4 is 40.4 Å². The highest BCUT2D eigenvalue weighted by atomic mass is 16.5. The number of nitrogens with zero attached hydrogens (tertiary/aromatic N) is 1. The van der Waals surface area contributed by atoms with Crippen LogP contribution < -0.4 is 15.0 Å². The Morgan fingerprint density at radius 1 is 0.857 bits per heavy atom. The van der Waals surface area contributed by atoms with Crippen LogP contribution in [0.2, 0.25) is 0 Å². The topological polar surface area (TPSA) is 75.7 Å². The quantitative estimate of drug-likeness (QED) is 0.319. The minimum atomic E-state index is -0.775. The highest BCUT2D eigenvalue weighted by Crippen LogP contribution is 2.27. The second kappa shape index (κ2) is 9.27. The monoisotopic (exact) mass is 462 g/mol. The van der Waals surface area contributed by atoms with Gasteiger partial charge in [0.05, 0.1) is 5.69 Å². The van der Waals surface area contributed by atoms with Gasteiger partial charge in [0.25, 0.3) is 11.8 Å². The first-order valence-electron chi connectivity index (χ1n) is 11.2. The van der Waals surface area contributed by atoms with Gasteiger partial charge in [-0.15, -0.1) is 0 Å². The van der Waals surface area contributed by atoms with Gasteiger partial charge < -0.3 is 4.74 Å². The summed E-state index contributed by atoms with van der Waals surface area (Å²) in [6, 6.07) is 27.5. The summed E-state index contributed by atoms with van der Waals surface area (Å²) in [6.07, 6.45) is 1.46. The van der Waals surface area contributed by atoms with Gasteiger partial charge in [-0.3, -0.25) is 14.9 Å². The van der Waals surface area contributed by atoms with Crippen LogP contribution in [0.25, 0.3) is 16.8 Å². The summed E-state index contributed by atoms with van der Waals surface area (Å²) in [5.41, 5.74) is 2.72. The molecule has 0 saturated carbocycles. The molecule has 35 heavy (non-hydrogen) atoms. The fourth-order valence-electron chi connectivity index (χ4n) is 4.12. The van der Waals surface area contributed by atoms with Gasteiger partial charge in [-0.1, -0.05) is 72.8 Å². The van der Waals surface area contributed by atoms with Crippen LogP contribution in [0.4, 0.5) is 10.5 Å². The lowest BCUT2D eigenvalue weighted by Gasteiger charge is -2.26. The average molecular weight is 463 g/mol. The molecule has 0 atom stereocenters. The minimum Gasteiger partial charge on any atom is -0.488 e. The van der Waals surface area contributed by atoms with E-state index in [0.29, 0.717) is 23.6 Å². The lowest BCUT2D eigenvalue weighted by molar-refractivity contribution is -0.122. The molecule has 1 fully saturated rings. The van der Waals surface area contributed by atoms with Gasteiger partial charge in [0.2, 0.25) is 0 Å². The first-order chi connectivity index (χ1) is 17.0. The van der Waals surface area contributed by atoms with E-state index in [1.54, 1.807) is 36.4 Å². The van der Waals surface area contributed by atoms with Crippen molar-refractivity contribution in [2.75, 3.05) is 4.90 Å². The number of hydrogen-bond donors (Lipinski definition) is 1. The number of rotatable bonds is 5. The summed E-state index contributed by atoms with van der Waals surface area (Å²) in [7, 11) is 0. The van der Waals surface area contributed by atoms with Gasteiger partial charge >= 0.3 is 6.03 Å². The molecule has 0 bridgehead atoms. The molecule has 4 amide bonds. The van der Waals surface area contributed by atoms with Crippen molar-refractivity contribution in [3.63, 3.8) is 0 Å². The zero-order chi connectivity index (χ0) is 24.4. The number of aryl methyl sites for hydroxylation is 1. The maximum atomic E-state index is 13.2. The number of hydrogen-bond acceptors (Lipinski definition) is 4. The second-order valence-corrected chi connectivity index (χ2v) is 8.26. The molecule has 4 aromatic rings. The molecular formula is C29H22N2O4. The molecule has 5 rings (SSSR count). The molecular weight excluding hydrogens is 440 g/mol. The van der Waals surface area contributed by atoms with E-state index >= 15 is 0 Å². The van der Waals surface area contributed by atoms with Crippen molar-refractivity contribution < 1.29 is 19.1 Å². The van der Waals surface area contributed by atoms with E-state index in [9.17, 15) is 14.4 Å². The Morgan fingerprint density at radius 2 is 1.60 bits per heavy atom. The number of para-hydroxylation sites is 1. The van der Waals surface area contributed by atoms with E-state index in [2.05, 4.69) is 5.32 Å². The van der Waals surface area contributed by atoms with E-state index in [-0.39, 0.29) is 5.57 Å². The van der Waals surface area contributed by atoms with Crippen LogP contribution in [0.1, 0.15) is 16.7 Å². The zero-order valence-electron chi connectivity index (χ0n) is 19.0. The van der Waals surface area contributed by atoms with Crippen molar-refractivity contribution in [2.24, 2.45) is 0 Å². The van der Waals surface area contributed by atoms with Crippen LogP contribution in [0.5, 0.6) is 5.75 Å². The number of anilines is 1. The number of barbiturate groups is 1. The number of carbonyl (C=O) groups excluding carboxylic acids is 3. The predicted molar refractivity (Wildman–Crippen MR) is 135 cm³/mol. The molecule has 0 spiro atoms. The maximum Gasteiger partial charge on any atom is 0.335 e. The summed E-state index contributed by atoms with van der Waals surface area (Å²) in [5, 5.41) is 4.48. The molecule has 0 aliphatic carbocycles. The first-order valence-corrected chi connectivity index (χ1v) is 11.2. The molecule has 172 valence electrons. The Balaban J connectivity index is 1.46. The number of nitrogens with one attached hydrogen (secondary N) is 1. The molecule has 0 radical (unpaired) electrons. The van der Waals surface area contributed by atoms with Gasteiger partial charge in [-0.2, -0.15) is 0 Å². The van der Waals surface area contributed by atoms with Gasteiger partial charge in [0.1, 0.15) is 17.9 Å². The Labute approximate surface area is 202 Å². The summed E-state index contributed by atoms with van der Waals surface area (Å²) in [5.74, 6) is -0.909. The molecule has 0 unspecified atom stereocenters. The van der Waals surface area contributed by atoms with E-state index in [0.717, 1.165) is 26.8 Å². The second-order valence-electron chi connectivity index (χ2n) is 8.26. The molecule has 6 heteroatoms. The number of benzene rings is 4. The lowest BCUT2D eigenvalue weighted by atomic mass is 10.0. The molecule has 1 aliphatic heterocycles. The van der Waals surface area contributed by atoms with Crippen LogP contribution in [0.15, 0.2) is 96.6 Å². The lowest BCUT2D eigenvalue weighted by Crippen LogP contribution is -2.54. The van der Waals surface area contributed by atoms with Crippen LogP contribution in [-0.2, 0) is 16.2 Å². The number of amides is 4. The SMILES string of the molecule is Cc1cccc(N2C(=O)NC(=O)/C(=C\c3ccccc3OCc3cccc4ccccc34)C2=O)c1. The largest absolute Gasteiger partial charge is 0.488 e. The minimum absolute atomic E-state index is 0.146. The molecule has 1 saturated heterocycles. The number of imide groups is 2. The Bertz CT molecular complexity index is 1500. The molecule has 6 nitrogen and oxygen atoms in total. The molecule has 0 aromatic heterocycles. The Morgan fingerprint density at radius 3 is 2.46 bits per heavy atom. The number of ether oxygens (including phenoxy) is 1. The van der Waals surface area contributed by atoms with Gasteiger partial charge in [-0.05, 0) is 53.1 Å². The maximum absolute atomic E-state index is 13.2. The summed E-state index contributed by atoms with van der Waals surface area (Å²) >= 11 is 0. The smallest absolute Gasteiger partial charge is 0.335 e. The Kier molecular flexibility index (Phi) is 5.85. The molecule has 1 aliphatic rings. The molecule has 1 N–H and O–H groups in total. The van der Waals surface area contributed by atoms with Crippen LogP contribution in [0, 0.1) is 6.92 Å². The highest BCUT2D eigenvalue weighted by Gasteiger charge is 2.37. The fourth-order valence-corrected chi connectivity index (χ4v) is 4.12. The van der Waals surface area contributed by atoms with E-state index in [1.807, 2.05) is 61.5 Å². The van der Waals surface area contributed by atoms with Crippen LogP contribution in [0.3, 0.4) is 0 Å². The van der Waals surface area contributed by atoms with Gasteiger partial charge in [0, 0.05) is 5.56 Å². The van der Waals surface area contributed by atoms with Crippen molar-refractivity contribution in [3.8, 4) is 5.75 Å². The average Bonchev–Trinajstić information content (AvgIpc) is 2.86.